The Labute approximate surface area is 236 Å². The number of aromatic nitrogens is 2. The Balaban J connectivity index is 1.32. The van der Waals surface area contributed by atoms with Crippen molar-refractivity contribution in [2.45, 2.75) is 13.5 Å². The average molecular weight is 550 g/mol. The summed E-state index contributed by atoms with van der Waals surface area (Å²) in [5, 5.41) is 11.5. The highest BCUT2D eigenvalue weighted by atomic mass is 19.1. The SMILES string of the molecule is Cc1cccc(-c2ccc3nc(-c4cccc([N+](=O)[O-])c4)c(CN4CCN(C(=O)c5ccc(F)cc5)CC4)n3c2)c1. The zero-order valence-electron chi connectivity index (χ0n) is 22.5. The number of non-ortho nitro benzene ring substituents is 1. The first kappa shape index (κ1) is 26.3. The minimum Gasteiger partial charge on any atom is -0.336 e. The van der Waals surface area contributed by atoms with Gasteiger partial charge in [0.05, 0.1) is 16.3 Å². The predicted molar refractivity (Wildman–Crippen MR) is 155 cm³/mol. The summed E-state index contributed by atoms with van der Waals surface area (Å²) in [5.74, 6) is -0.482. The van der Waals surface area contributed by atoms with Gasteiger partial charge in [-0.15, -0.1) is 0 Å². The minimum atomic E-state index is -0.397. The van der Waals surface area contributed by atoms with E-state index >= 15 is 0 Å². The topological polar surface area (TPSA) is 84.0 Å². The number of carbonyl (C=O) groups is 1. The number of nitro groups is 1. The third kappa shape index (κ3) is 5.44. The zero-order chi connectivity index (χ0) is 28.5. The van der Waals surface area contributed by atoms with Crippen LogP contribution in [0.4, 0.5) is 10.1 Å². The number of carbonyl (C=O) groups excluding carboxylic acids is 1. The predicted octanol–water partition coefficient (Wildman–Crippen LogP) is 5.98. The van der Waals surface area contributed by atoms with Crippen LogP contribution in [0.1, 0.15) is 21.6 Å². The molecule has 0 aliphatic carbocycles. The van der Waals surface area contributed by atoms with Crippen molar-refractivity contribution in [1.82, 2.24) is 19.2 Å². The quantitative estimate of drug-likeness (QED) is 0.192. The number of fused-ring (bicyclic) bond motifs is 1. The van der Waals surface area contributed by atoms with Gasteiger partial charge in [-0.3, -0.25) is 19.8 Å². The maximum Gasteiger partial charge on any atom is 0.270 e. The molecule has 2 aromatic heterocycles. The highest BCUT2D eigenvalue weighted by Gasteiger charge is 2.25. The number of pyridine rings is 1. The number of benzene rings is 3. The van der Waals surface area contributed by atoms with Crippen molar-refractivity contribution < 1.29 is 14.1 Å². The lowest BCUT2D eigenvalue weighted by Crippen LogP contribution is -2.48. The van der Waals surface area contributed by atoms with Gasteiger partial charge in [0.15, 0.2) is 0 Å². The Kier molecular flexibility index (Phi) is 7.03. The molecule has 1 aliphatic rings. The van der Waals surface area contributed by atoms with Crippen LogP contribution in [0, 0.1) is 22.9 Å². The molecular weight excluding hydrogens is 521 g/mol. The Hall–Kier alpha value is -4.89. The third-order valence-electron chi connectivity index (χ3n) is 7.52. The van der Waals surface area contributed by atoms with Gasteiger partial charge in [-0.05, 0) is 54.4 Å². The molecule has 0 unspecified atom stereocenters. The van der Waals surface area contributed by atoms with Crippen molar-refractivity contribution >= 4 is 17.2 Å². The first-order chi connectivity index (χ1) is 19.9. The average Bonchev–Trinajstić information content (AvgIpc) is 3.35. The van der Waals surface area contributed by atoms with Gasteiger partial charge in [0.25, 0.3) is 11.6 Å². The highest BCUT2D eigenvalue weighted by Crippen LogP contribution is 2.31. The van der Waals surface area contributed by atoms with Crippen LogP contribution < -0.4 is 0 Å². The summed E-state index contributed by atoms with van der Waals surface area (Å²) in [7, 11) is 0. The number of piperazine rings is 1. The third-order valence-corrected chi connectivity index (χ3v) is 7.52. The van der Waals surface area contributed by atoms with Gasteiger partial charge in [-0.2, -0.15) is 0 Å². The number of imidazole rings is 1. The van der Waals surface area contributed by atoms with Gasteiger partial charge < -0.3 is 9.30 Å². The molecule has 1 saturated heterocycles. The van der Waals surface area contributed by atoms with Crippen molar-refractivity contribution in [3.05, 3.63) is 124 Å². The van der Waals surface area contributed by atoms with E-state index in [0.29, 0.717) is 49.5 Å². The summed E-state index contributed by atoms with van der Waals surface area (Å²) >= 11 is 0. The second-order valence-electron chi connectivity index (χ2n) is 10.3. The number of hydrogen-bond acceptors (Lipinski definition) is 5. The van der Waals surface area contributed by atoms with E-state index in [2.05, 4.69) is 40.6 Å². The fourth-order valence-corrected chi connectivity index (χ4v) is 5.33. The monoisotopic (exact) mass is 549 g/mol. The van der Waals surface area contributed by atoms with Crippen molar-refractivity contribution in [2.75, 3.05) is 26.2 Å². The van der Waals surface area contributed by atoms with Crippen LogP contribution in [-0.4, -0.2) is 56.2 Å². The summed E-state index contributed by atoms with van der Waals surface area (Å²) in [6.07, 6.45) is 2.07. The molecule has 0 atom stereocenters. The molecule has 0 N–H and O–H groups in total. The smallest absolute Gasteiger partial charge is 0.270 e. The first-order valence-electron chi connectivity index (χ1n) is 13.5. The number of aryl methyl sites for hydroxylation is 1. The van der Waals surface area contributed by atoms with Gasteiger partial charge in [0.2, 0.25) is 0 Å². The molecule has 1 fully saturated rings. The number of amides is 1. The molecule has 9 heteroatoms. The number of nitro benzene ring substituents is 1. The molecule has 5 aromatic rings. The zero-order valence-corrected chi connectivity index (χ0v) is 22.5. The van der Waals surface area contributed by atoms with Crippen LogP contribution in [0.5, 0.6) is 0 Å². The molecule has 3 heterocycles. The first-order valence-corrected chi connectivity index (χ1v) is 13.5. The number of nitrogens with zero attached hydrogens (tertiary/aromatic N) is 5. The van der Waals surface area contributed by atoms with Crippen molar-refractivity contribution in [1.29, 1.82) is 0 Å². The van der Waals surface area contributed by atoms with Gasteiger partial charge in [0, 0.05) is 62.2 Å². The molecule has 1 aliphatic heterocycles. The molecule has 41 heavy (non-hydrogen) atoms. The lowest BCUT2D eigenvalue weighted by molar-refractivity contribution is -0.384. The van der Waals surface area contributed by atoms with Gasteiger partial charge in [0.1, 0.15) is 11.5 Å². The molecule has 0 saturated carbocycles. The molecule has 8 nitrogen and oxygen atoms in total. The van der Waals surface area contributed by atoms with E-state index in [0.717, 1.165) is 22.5 Å². The molecule has 3 aromatic carbocycles. The molecule has 0 radical (unpaired) electrons. The second kappa shape index (κ2) is 10.9. The van der Waals surface area contributed by atoms with Crippen LogP contribution >= 0.6 is 0 Å². The Bertz CT molecular complexity index is 1760. The Morgan fingerprint density at radius 3 is 2.37 bits per heavy atom. The minimum absolute atomic E-state index is 0.0128. The van der Waals surface area contributed by atoms with E-state index < -0.39 is 4.92 Å². The van der Waals surface area contributed by atoms with Gasteiger partial charge >= 0.3 is 0 Å². The number of hydrogen-bond donors (Lipinski definition) is 0. The van der Waals surface area contributed by atoms with E-state index in [4.69, 9.17) is 4.98 Å². The van der Waals surface area contributed by atoms with Crippen molar-refractivity contribution in [3.8, 4) is 22.4 Å². The van der Waals surface area contributed by atoms with E-state index in [1.165, 1.54) is 35.9 Å². The second-order valence-corrected chi connectivity index (χ2v) is 10.3. The normalized spacial score (nSPS) is 14.0. The molecule has 206 valence electrons. The van der Waals surface area contributed by atoms with Crippen molar-refractivity contribution in [2.24, 2.45) is 0 Å². The lowest BCUT2D eigenvalue weighted by atomic mass is 10.1. The highest BCUT2D eigenvalue weighted by molar-refractivity contribution is 5.94. The number of rotatable bonds is 6. The maximum absolute atomic E-state index is 13.3. The Morgan fingerprint density at radius 2 is 1.63 bits per heavy atom. The summed E-state index contributed by atoms with van der Waals surface area (Å²) in [6, 6.07) is 24.5. The maximum atomic E-state index is 13.3. The standard InChI is InChI=1S/C32H28FN5O3/c1-22-4-2-5-24(18-22)26-10-13-30-34-31(25-6-3-7-28(19-25)38(40)41)29(37(30)20-26)21-35-14-16-36(17-15-35)32(39)23-8-11-27(33)12-9-23/h2-13,18-20H,14-17,21H2,1H3. The van der Waals surface area contributed by atoms with Crippen LogP contribution in [0.15, 0.2) is 91.1 Å². The van der Waals surface area contributed by atoms with Crippen LogP contribution in [0.3, 0.4) is 0 Å². The van der Waals surface area contributed by atoms with Gasteiger partial charge in [-0.25, -0.2) is 9.37 Å². The van der Waals surface area contributed by atoms with E-state index in [1.54, 1.807) is 17.0 Å². The van der Waals surface area contributed by atoms with Crippen molar-refractivity contribution in [3.63, 3.8) is 0 Å². The number of halogens is 1. The van der Waals surface area contributed by atoms with E-state index in [-0.39, 0.29) is 17.4 Å². The molecule has 0 spiro atoms. The van der Waals surface area contributed by atoms with Crippen LogP contribution in [0.25, 0.3) is 28.0 Å². The summed E-state index contributed by atoms with van der Waals surface area (Å²) in [5.41, 5.74) is 6.84. The lowest BCUT2D eigenvalue weighted by Gasteiger charge is -2.34. The van der Waals surface area contributed by atoms with E-state index in [9.17, 15) is 19.3 Å². The molecule has 6 rings (SSSR count). The Morgan fingerprint density at radius 1 is 0.902 bits per heavy atom. The summed E-state index contributed by atoms with van der Waals surface area (Å²) < 4.78 is 15.4. The van der Waals surface area contributed by atoms with Crippen LogP contribution in [-0.2, 0) is 6.54 Å². The molecule has 0 bridgehead atoms. The van der Waals surface area contributed by atoms with Gasteiger partial charge in [-0.1, -0.05) is 42.0 Å². The van der Waals surface area contributed by atoms with Crippen LogP contribution in [0.2, 0.25) is 0 Å². The summed E-state index contributed by atoms with van der Waals surface area (Å²) in [4.78, 5) is 33.0. The fourth-order valence-electron chi connectivity index (χ4n) is 5.33. The molecule has 1 amide bonds. The summed E-state index contributed by atoms with van der Waals surface area (Å²) in [6.45, 7) is 4.97. The largest absolute Gasteiger partial charge is 0.336 e. The fraction of sp³-hybridized carbons (Fsp3) is 0.188. The molecular formula is C32H28FN5O3. The van der Waals surface area contributed by atoms with E-state index in [1.807, 2.05) is 24.3 Å².